The van der Waals surface area contributed by atoms with Gasteiger partial charge in [0, 0.05) is 37.3 Å². The third-order valence-corrected chi connectivity index (χ3v) is 5.53. The molecule has 0 bridgehead atoms. The molecule has 2 aliphatic rings. The Hall–Kier alpha value is -3.19. The summed E-state index contributed by atoms with van der Waals surface area (Å²) in [5.74, 6) is -0.810. The molecule has 0 spiro atoms. The van der Waals surface area contributed by atoms with E-state index in [0.29, 0.717) is 25.1 Å². The van der Waals surface area contributed by atoms with Gasteiger partial charge in [0.25, 0.3) is 5.91 Å². The highest BCUT2D eigenvalue weighted by atomic mass is 16.2. The minimum absolute atomic E-state index is 0.146. The van der Waals surface area contributed by atoms with Crippen LogP contribution in [0.25, 0.3) is 0 Å². The van der Waals surface area contributed by atoms with E-state index in [4.69, 9.17) is 0 Å². The number of imide groups is 1. The van der Waals surface area contributed by atoms with Crippen LogP contribution in [0.5, 0.6) is 0 Å². The Bertz CT molecular complexity index is 972. The van der Waals surface area contributed by atoms with Crippen LogP contribution in [0, 0.1) is 0 Å². The maximum absolute atomic E-state index is 12.9. The molecule has 0 aliphatic carbocycles. The van der Waals surface area contributed by atoms with Crippen molar-refractivity contribution >= 4 is 23.4 Å². The minimum Gasteiger partial charge on any atom is -0.381 e. The van der Waals surface area contributed by atoms with E-state index in [1.54, 1.807) is 4.90 Å². The molecule has 2 heterocycles. The molecule has 2 aromatic carbocycles. The number of anilines is 1. The zero-order valence-electron chi connectivity index (χ0n) is 16.3. The number of rotatable bonds is 6. The molecule has 29 heavy (non-hydrogen) atoms. The van der Waals surface area contributed by atoms with Crippen LogP contribution in [0.3, 0.4) is 0 Å². The van der Waals surface area contributed by atoms with Gasteiger partial charge in [0.2, 0.25) is 11.8 Å². The van der Waals surface area contributed by atoms with Crippen molar-refractivity contribution in [2.24, 2.45) is 0 Å². The van der Waals surface area contributed by atoms with Crippen molar-refractivity contribution in [3.8, 4) is 0 Å². The van der Waals surface area contributed by atoms with Crippen LogP contribution in [0.2, 0.25) is 0 Å². The summed E-state index contributed by atoms with van der Waals surface area (Å²) in [4.78, 5) is 38.2. The third kappa shape index (κ3) is 3.73. The lowest BCUT2D eigenvalue weighted by Gasteiger charge is -2.29. The molecule has 2 aliphatic heterocycles. The van der Waals surface area contributed by atoms with Crippen LogP contribution >= 0.6 is 0 Å². The van der Waals surface area contributed by atoms with E-state index >= 15 is 0 Å². The number of benzene rings is 2. The molecule has 1 saturated heterocycles. The fraction of sp³-hybridized carbons (Fsp3) is 0.318. The van der Waals surface area contributed by atoms with Crippen molar-refractivity contribution in [2.75, 3.05) is 12.4 Å². The van der Waals surface area contributed by atoms with Gasteiger partial charge in [-0.15, -0.1) is 0 Å². The lowest BCUT2D eigenvalue weighted by Crippen LogP contribution is -2.52. The van der Waals surface area contributed by atoms with Gasteiger partial charge in [0.05, 0.1) is 0 Å². The summed E-state index contributed by atoms with van der Waals surface area (Å²) in [7, 11) is 1.91. The van der Waals surface area contributed by atoms with E-state index in [2.05, 4.69) is 22.0 Å². The Kier molecular flexibility index (Phi) is 5.31. The molecular weight excluding hydrogens is 368 g/mol. The lowest BCUT2D eigenvalue weighted by molar-refractivity contribution is -0.136. The van der Waals surface area contributed by atoms with E-state index in [9.17, 15) is 14.4 Å². The zero-order valence-corrected chi connectivity index (χ0v) is 16.3. The molecule has 1 fully saturated rings. The molecule has 0 saturated carbocycles. The van der Waals surface area contributed by atoms with Gasteiger partial charge in [-0.3, -0.25) is 19.7 Å². The number of nitrogens with zero attached hydrogens (tertiary/aromatic N) is 1. The molecule has 4 rings (SSSR count). The molecule has 2 aromatic rings. The van der Waals surface area contributed by atoms with E-state index in [1.807, 2.05) is 43.4 Å². The highest BCUT2D eigenvalue weighted by Gasteiger charge is 2.39. The summed E-state index contributed by atoms with van der Waals surface area (Å²) in [5, 5.41) is 8.98. The van der Waals surface area contributed by atoms with Crippen LogP contribution < -0.4 is 16.0 Å². The molecule has 3 amide bonds. The fourth-order valence-corrected chi connectivity index (χ4v) is 4.04. The number of piperidine rings is 1. The quantitative estimate of drug-likeness (QED) is 0.652. The number of hydrogen-bond acceptors (Lipinski definition) is 5. The first kappa shape index (κ1) is 19.1. The average Bonchev–Trinajstić information content (AvgIpc) is 3.05. The summed E-state index contributed by atoms with van der Waals surface area (Å²) < 4.78 is 0. The summed E-state index contributed by atoms with van der Waals surface area (Å²) in [6.07, 6.45) is 0.628. The first-order valence-corrected chi connectivity index (χ1v) is 9.80. The van der Waals surface area contributed by atoms with E-state index in [1.165, 1.54) is 5.56 Å². The molecule has 1 unspecified atom stereocenters. The summed E-state index contributed by atoms with van der Waals surface area (Å²) in [6, 6.07) is 13.2. The van der Waals surface area contributed by atoms with E-state index in [-0.39, 0.29) is 24.1 Å². The molecule has 0 aromatic heterocycles. The molecular formula is C22H24N4O3. The summed E-state index contributed by atoms with van der Waals surface area (Å²) in [6.45, 7) is 1.73. The highest BCUT2D eigenvalue weighted by Crippen LogP contribution is 2.30. The van der Waals surface area contributed by atoms with Crippen molar-refractivity contribution < 1.29 is 14.4 Å². The smallest absolute Gasteiger partial charge is 0.255 e. The SMILES string of the molecule is CNCc1ccccc1NCc1cccc2c1CN(C1CCC(=O)NC1=O)C2=O. The second-order valence-electron chi connectivity index (χ2n) is 7.38. The standard InChI is InChI=1S/C22H24N4O3/c1-23-11-15-5-2-3-8-18(15)24-12-14-6-4-7-16-17(14)13-26(22(16)29)19-9-10-20(27)25-21(19)28/h2-8,19,23-24H,9-13H2,1H3,(H,25,27,28). The van der Waals surface area contributed by atoms with Crippen LogP contribution in [-0.2, 0) is 29.2 Å². The monoisotopic (exact) mass is 392 g/mol. The van der Waals surface area contributed by atoms with Crippen molar-refractivity contribution in [3.05, 3.63) is 64.7 Å². The van der Waals surface area contributed by atoms with Crippen molar-refractivity contribution in [3.63, 3.8) is 0 Å². The first-order chi connectivity index (χ1) is 14.1. The number of hydrogen-bond donors (Lipinski definition) is 3. The van der Waals surface area contributed by atoms with Gasteiger partial charge in [0.15, 0.2) is 0 Å². The Morgan fingerprint density at radius 1 is 1.03 bits per heavy atom. The second kappa shape index (κ2) is 8.05. The zero-order chi connectivity index (χ0) is 20.4. The third-order valence-electron chi connectivity index (χ3n) is 5.53. The number of nitrogens with one attached hydrogen (secondary N) is 3. The topological polar surface area (TPSA) is 90.5 Å². The average molecular weight is 392 g/mol. The number of fused-ring (bicyclic) bond motifs is 1. The molecule has 7 nitrogen and oxygen atoms in total. The largest absolute Gasteiger partial charge is 0.381 e. The van der Waals surface area contributed by atoms with Crippen molar-refractivity contribution in [1.29, 1.82) is 0 Å². The van der Waals surface area contributed by atoms with E-state index < -0.39 is 6.04 Å². The number of carbonyl (C=O) groups is 3. The van der Waals surface area contributed by atoms with Crippen LogP contribution in [0.15, 0.2) is 42.5 Å². The van der Waals surface area contributed by atoms with Gasteiger partial charge >= 0.3 is 0 Å². The van der Waals surface area contributed by atoms with Crippen molar-refractivity contribution in [1.82, 2.24) is 15.5 Å². The molecule has 150 valence electrons. The van der Waals surface area contributed by atoms with Gasteiger partial charge in [-0.1, -0.05) is 30.3 Å². The maximum Gasteiger partial charge on any atom is 0.255 e. The van der Waals surface area contributed by atoms with Gasteiger partial charge in [-0.05, 0) is 42.3 Å². The van der Waals surface area contributed by atoms with Crippen LogP contribution in [-0.4, -0.2) is 35.7 Å². The number of amides is 3. The summed E-state index contributed by atoms with van der Waals surface area (Å²) >= 11 is 0. The Balaban J connectivity index is 1.53. The number of para-hydroxylation sites is 1. The normalized spacial score (nSPS) is 18.6. The predicted octanol–water partition coefficient (Wildman–Crippen LogP) is 1.78. The second-order valence-corrected chi connectivity index (χ2v) is 7.38. The highest BCUT2D eigenvalue weighted by molar-refractivity contribution is 6.05. The lowest BCUT2D eigenvalue weighted by atomic mass is 10.0. The minimum atomic E-state index is -0.593. The molecule has 1 atom stereocenters. The van der Waals surface area contributed by atoms with E-state index in [0.717, 1.165) is 23.4 Å². The first-order valence-electron chi connectivity index (χ1n) is 9.80. The predicted molar refractivity (Wildman–Crippen MR) is 109 cm³/mol. The van der Waals surface area contributed by atoms with Gasteiger partial charge in [-0.2, -0.15) is 0 Å². The Morgan fingerprint density at radius 2 is 1.83 bits per heavy atom. The fourth-order valence-electron chi connectivity index (χ4n) is 4.04. The number of carbonyl (C=O) groups excluding carboxylic acids is 3. The van der Waals surface area contributed by atoms with Gasteiger partial charge in [-0.25, -0.2) is 0 Å². The molecule has 3 N–H and O–H groups in total. The Morgan fingerprint density at radius 3 is 2.62 bits per heavy atom. The summed E-state index contributed by atoms with van der Waals surface area (Å²) in [5.41, 5.74) is 4.83. The Labute approximate surface area is 169 Å². The van der Waals surface area contributed by atoms with Gasteiger partial charge < -0.3 is 15.5 Å². The maximum atomic E-state index is 12.9. The molecule has 7 heteroatoms. The van der Waals surface area contributed by atoms with Gasteiger partial charge in [0.1, 0.15) is 6.04 Å². The van der Waals surface area contributed by atoms with Crippen LogP contribution in [0.1, 0.15) is 39.9 Å². The molecule has 0 radical (unpaired) electrons. The van der Waals surface area contributed by atoms with Crippen molar-refractivity contribution in [2.45, 2.75) is 38.5 Å². The van der Waals surface area contributed by atoms with Crippen LogP contribution in [0.4, 0.5) is 5.69 Å².